The smallest absolute Gasteiger partial charge is 0.243 e. The number of anilines is 1. The molecule has 23 heavy (non-hydrogen) atoms. The van der Waals surface area contributed by atoms with Gasteiger partial charge in [-0.15, -0.1) is 0 Å². The van der Waals surface area contributed by atoms with Crippen molar-refractivity contribution in [1.82, 2.24) is 10.6 Å². The first kappa shape index (κ1) is 16.3. The molecule has 3 atom stereocenters. The first-order chi connectivity index (χ1) is 11.1. The van der Waals surface area contributed by atoms with E-state index in [1.807, 2.05) is 0 Å². The van der Waals surface area contributed by atoms with E-state index in [1.165, 1.54) is 19.3 Å². The van der Waals surface area contributed by atoms with Crippen LogP contribution in [0.15, 0.2) is 24.3 Å². The number of carbonyl (C=O) groups excluding carboxylic acids is 2. The Morgan fingerprint density at radius 3 is 2.65 bits per heavy atom. The van der Waals surface area contributed by atoms with Gasteiger partial charge in [-0.3, -0.25) is 9.59 Å². The maximum atomic E-state index is 12.2. The van der Waals surface area contributed by atoms with Gasteiger partial charge in [-0.05, 0) is 49.4 Å². The Balaban J connectivity index is 1.43. The van der Waals surface area contributed by atoms with Crippen LogP contribution in [0.2, 0.25) is 5.02 Å². The summed E-state index contributed by atoms with van der Waals surface area (Å²) in [4.78, 5) is 24.1. The van der Waals surface area contributed by atoms with Gasteiger partial charge < -0.3 is 16.0 Å². The summed E-state index contributed by atoms with van der Waals surface area (Å²) in [5.41, 5.74) is 0.665. The third kappa shape index (κ3) is 4.24. The predicted octanol–water partition coefficient (Wildman–Crippen LogP) is 2.32. The molecule has 1 aliphatic heterocycles. The number of rotatable bonds is 4. The van der Waals surface area contributed by atoms with Crippen LogP contribution in [0.4, 0.5) is 5.69 Å². The van der Waals surface area contributed by atoms with Gasteiger partial charge in [0.2, 0.25) is 11.8 Å². The Labute approximate surface area is 141 Å². The maximum absolute atomic E-state index is 12.2. The third-order valence-electron chi connectivity index (χ3n) is 4.73. The van der Waals surface area contributed by atoms with Crippen LogP contribution in [0.1, 0.15) is 32.1 Å². The number of amides is 2. The molecule has 124 valence electrons. The minimum absolute atomic E-state index is 0.0189. The van der Waals surface area contributed by atoms with E-state index in [-0.39, 0.29) is 24.4 Å². The van der Waals surface area contributed by atoms with Gasteiger partial charge in [0.25, 0.3) is 0 Å². The van der Waals surface area contributed by atoms with E-state index in [2.05, 4.69) is 16.0 Å². The molecule has 0 spiro atoms. The Bertz CT molecular complexity index is 562. The Morgan fingerprint density at radius 1 is 1.17 bits per heavy atom. The second-order valence-corrected chi connectivity index (χ2v) is 6.82. The largest absolute Gasteiger partial charge is 0.346 e. The molecule has 3 unspecified atom stereocenters. The molecule has 5 nitrogen and oxygen atoms in total. The van der Waals surface area contributed by atoms with Crippen LogP contribution in [-0.4, -0.2) is 30.4 Å². The van der Waals surface area contributed by atoms with Crippen molar-refractivity contribution in [3.05, 3.63) is 29.3 Å². The highest BCUT2D eigenvalue weighted by Gasteiger charge is 2.38. The van der Waals surface area contributed by atoms with Crippen molar-refractivity contribution < 1.29 is 9.59 Å². The summed E-state index contributed by atoms with van der Waals surface area (Å²) >= 11 is 5.80. The van der Waals surface area contributed by atoms with Gasteiger partial charge in [0, 0.05) is 16.8 Å². The zero-order valence-corrected chi connectivity index (χ0v) is 13.7. The number of hydrogen-bond acceptors (Lipinski definition) is 3. The van der Waals surface area contributed by atoms with Crippen LogP contribution < -0.4 is 16.0 Å². The van der Waals surface area contributed by atoms with Gasteiger partial charge in [-0.1, -0.05) is 24.4 Å². The number of halogens is 1. The first-order valence-corrected chi connectivity index (χ1v) is 8.59. The van der Waals surface area contributed by atoms with E-state index in [4.69, 9.17) is 11.6 Å². The maximum Gasteiger partial charge on any atom is 0.243 e. The molecule has 2 aliphatic rings. The van der Waals surface area contributed by atoms with Crippen molar-refractivity contribution in [2.45, 2.75) is 44.2 Å². The molecule has 0 aromatic heterocycles. The van der Waals surface area contributed by atoms with Crippen LogP contribution >= 0.6 is 11.6 Å². The molecule has 1 saturated heterocycles. The van der Waals surface area contributed by atoms with Crippen LogP contribution in [0.5, 0.6) is 0 Å². The molecule has 3 rings (SSSR count). The zero-order valence-electron chi connectivity index (χ0n) is 13.0. The molecule has 1 heterocycles. The molecule has 2 fully saturated rings. The highest BCUT2D eigenvalue weighted by atomic mass is 35.5. The molecular formula is C17H22ClN3O2. The third-order valence-corrected chi connectivity index (χ3v) is 4.98. The standard InChI is InChI=1S/C17H22ClN3O2/c18-12-5-7-13(8-6-12)20-16(22)10-19-17(23)15-9-11-3-1-2-4-14(11)21-15/h5-8,11,14-15,21H,1-4,9-10H2,(H,19,23)(H,20,22). The fourth-order valence-electron chi connectivity index (χ4n) is 3.55. The molecular weight excluding hydrogens is 314 g/mol. The average molecular weight is 336 g/mol. The van der Waals surface area contributed by atoms with Crippen molar-refractivity contribution in [3.8, 4) is 0 Å². The molecule has 6 heteroatoms. The lowest BCUT2D eigenvalue weighted by atomic mass is 9.85. The summed E-state index contributed by atoms with van der Waals surface area (Å²) in [5, 5.41) is 9.49. The predicted molar refractivity (Wildman–Crippen MR) is 90.4 cm³/mol. The van der Waals surface area contributed by atoms with Crippen molar-refractivity contribution >= 4 is 29.1 Å². The molecule has 2 amide bonds. The van der Waals surface area contributed by atoms with Gasteiger partial charge in [-0.25, -0.2) is 0 Å². The number of benzene rings is 1. The summed E-state index contributed by atoms with van der Waals surface area (Å²) in [6.07, 6.45) is 5.76. The van der Waals surface area contributed by atoms with Gasteiger partial charge >= 0.3 is 0 Å². The van der Waals surface area contributed by atoms with Crippen LogP contribution in [-0.2, 0) is 9.59 Å². The lowest BCUT2D eigenvalue weighted by Crippen LogP contribution is -2.45. The van der Waals surface area contributed by atoms with E-state index in [0.717, 1.165) is 12.8 Å². The van der Waals surface area contributed by atoms with Gasteiger partial charge in [-0.2, -0.15) is 0 Å². The Morgan fingerprint density at radius 2 is 1.91 bits per heavy atom. The van der Waals surface area contributed by atoms with E-state index in [0.29, 0.717) is 22.7 Å². The SMILES string of the molecule is O=C(CNC(=O)C1CC2CCCCC2N1)Nc1ccc(Cl)cc1. The molecule has 1 saturated carbocycles. The van der Waals surface area contributed by atoms with Crippen molar-refractivity contribution in [2.75, 3.05) is 11.9 Å². The fourth-order valence-corrected chi connectivity index (χ4v) is 3.68. The second kappa shape index (κ2) is 7.32. The van der Waals surface area contributed by atoms with Gasteiger partial charge in [0.15, 0.2) is 0 Å². The Kier molecular flexibility index (Phi) is 5.18. The number of hydrogen-bond donors (Lipinski definition) is 3. The van der Waals surface area contributed by atoms with Crippen LogP contribution in [0.25, 0.3) is 0 Å². The highest BCUT2D eigenvalue weighted by molar-refractivity contribution is 6.30. The summed E-state index contributed by atoms with van der Waals surface area (Å²) in [6.45, 7) is -0.0189. The van der Waals surface area contributed by atoms with Crippen molar-refractivity contribution in [2.24, 2.45) is 5.92 Å². The topological polar surface area (TPSA) is 70.2 Å². The summed E-state index contributed by atoms with van der Waals surface area (Å²) in [7, 11) is 0. The van der Waals surface area contributed by atoms with Gasteiger partial charge in [0.1, 0.15) is 0 Å². The van der Waals surface area contributed by atoms with Crippen molar-refractivity contribution in [1.29, 1.82) is 0 Å². The number of carbonyl (C=O) groups is 2. The van der Waals surface area contributed by atoms with E-state index >= 15 is 0 Å². The van der Waals surface area contributed by atoms with E-state index in [1.54, 1.807) is 24.3 Å². The molecule has 0 bridgehead atoms. The average Bonchev–Trinajstić information content (AvgIpc) is 2.99. The molecule has 3 N–H and O–H groups in total. The molecule has 1 aliphatic carbocycles. The monoisotopic (exact) mass is 335 g/mol. The van der Waals surface area contributed by atoms with Gasteiger partial charge in [0.05, 0.1) is 12.6 Å². The highest BCUT2D eigenvalue weighted by Crippen LogP contribution is 2.33. The fraction of sp³-hybridized carbons (Fsp3) is 0.529. The summed E-state index contributed by atoms with van der Waals surface area (Å²) in [6, 6.07) is 7.19. The van der Waals surface area contributed by atoms with Crippen LogP contribution in [0.3, 0.4) is 0 Å². The number of nitrogens with one attached hydrogen (secondary N) is 3. The zero-order chi connectivity index (χ0) is 16.2. The Hall–Kier alpha value is -1.59. The quantitative estimate of drug-likeness (QED) is 0.790. The molecule has 1 aromatic carbocycles. The molecule has 1 aromatic rings. The first-order valence-electron chi connectivity index (χ1n) is 8.21. The normalized spacial score (nSPS) is 26.4. The minimum Gasteiger partial charge on any atom is -0.346 e. The molecule has 0 radical (unpaired) electrons. The summed E-state index contributed by atoms with van der Waals surface area (Å²) in [5.74, 6) is 0.295. The lowest BCUT2D eigenvalue weighted by molar-refractivity contribution is -0.125. The number of fused-ring (bicyclic) bond motifs is 1. The van der Waals surface area contributed by atoms with E-state index in [9.17, 15) is 9.59 Å². The van der Waals surface area contributed by atoms with Crippen molar-refractivity contribution in [3.63, 3.8) is 0 Å². The minimum atomic E-state index is -0.240. The van der Waals surface area contributed by atoms with Crippen LogP contribution in [0, 0.1) is 5.92 Å². The lowest BCUT2D eigenvalue weighted by Gasteiger charge is -2.24. The second-order valence-electron chi connectivity index (χ2n) is 6.38. The van der Waals surface area contributed by atoms with E-state index < -0.39 is 0 Å². The summed E-state index contributed by atoms with van der Waals surface area (Å²) < 4.78 is 0.